The van der Waals surface area contributed by atoms with Crippen LogP contribution in [0, 0.1) is 0 Å². The van der Waals surface area contributed by atoms with Crippen molar-refractivity contribution < 1.29 is 14.2 Å². The van der Waals surface area contributed by atoms with Crippen LogP contribution in [0.5, 0.6) is 17.2 Å². The van der Waals surface area contributed by atoms with Crippen molar-refractivity contribution in [3.05, 3.63) is 17.7 Å². The third kappa shape index (κ3) is 4.60. The molecule has 0 spiro atoms. The van der Waals surface area contributed by atoms with Crippen molar-refractivity contribution >= 4 is 0 Å². The summed E-state index contributed by atoms with van der Waals surface area (Å²) in [6.07, 6.45) is 3.01. The maximum atomic E-state index is 5.80. The molecule has 0 heterocycles. The van der Waals surface area contributed by atoms with E-state index in [9.17, 15) is 0 Å². The molecular formula is C16H27NO3. The van der Waals surface area contributed by atoms with E-state index < -0.39 is 0 Å². The normalized spacial score (nSPS) is 10.4. The lowest BCUT2D eigenvalue weighted by Gasteiger charge is -2.18. The van der Waals surface area contributed by atoms with Gasteiger partial charge in [0.1, 0.15) is 0 Å². The molecule has 4 heteroatoms. The standard InChI is InChI=1S/C16H27NO3/c1-4-18-14-11-10-13(9-7-8-12-17)15(19-5-2)16(14)20-6-3/h10-11H,4-9,12,17H2,1-3H3. The Morgan fingerprint density at radius 3 is 2.10 bits per heavy atom. The predicted octanol–water partition coefficient (Wildman–Crippen LogP) is 3.16. The highest BCUT2D eigenvalue weighted by molar-refractivity contribution is 5.56. The molecule has 0 radical (unpaired) electrons. The Hall–Kier alpha value is -1.42. The summed E-state index contributed by atoms with van der Waals surface area (Å²) in [5, 5.41) is 0. The van der Waals surface area contributed by atoms with Gasteiger partial charge in [0.25, 0.3) is 0 Å². The molecule has 20 heavy (non-hydrogen) atoms. The van der Waals surface area contributed by atoms with E-state index >= 15 is 0 Å². The zero-order valence-corrected chi connectivity index (χ0v) is 12.9. The molecule has 0 aliphatic rings. The topological polar surface area (TPSA) is 53.7 Å². The molecule has 0 atom stereocenters. The molecule has 0 aliphatic carbocycles. The maximum absolute atomic E-state index is 5.80. The van der Waals surface area contributed by atoms with Crippen molar-refractivity contribution in [2.75, 3.05) is 26.4 Å². The lowest BCUT2D eigenvalue weighted by molar-refractivity contribution is 0.259. The minimum absolute atomic E-state index is 0.590. The van der Waals surface area contributed by atoms with Gasteiger partial charge in [0, 0.05) is 0 Å². The van der Waals surface area contributed by atoms with Gasteiger partial charge in [0.2, 0.25) is 5.75 Å². The fraction of sp³-hybridized carbons (Fsp3) is 0.625. The van der Waals surface area contributed by atoms with Crippen LogP contribution in [-0.4, -0.2) is 26.4 Å². The third-order valence-corrected chi connectivity index (χ3v) is 2.93. The summed E-state index contributed by atoms with van der Waals surface area (Å²) < 4.78 is 17.2. The summed E-state index contributed by atoms with van der Waals surface area (Å²) in [7, 11) is 0. The van der Waals surface area contributed by atoms with Gasteiger partial charge in [-0.25, -0.2) is 0 Å². The van der Waals surface area contributed by atoms with Gasteiger partial charge < -0.3 is 19.9 Å². The molecule has 1 aromatic carbocycles. The Labute approximate surface area is 122 Å². The van der Waals surface area contributed by atoms with Crippen LogP contribution < -0.4 is 19.9 Å². The van der Waals surface area contributed by atoms with Crippen molar-refractivity contribution in [3.8, 4) is 17.2 Å². The molecule has 0 aliphatic heterocycles. The average molecular weight is 281 g/mol. The summed E-state index contributed by atoms with van der Waals surface area (Å²) >= 11 is 0. The van der Waals surface area contributed by atoms with Crippen molar-refractivity contribution in [1.82, 2.24) is 0 Å². The monoisotopic (exact) mass is 281 g/mol. The molecule has 1 aromatic rings. The third-order valence-electron chi connectivity index (χ3n) is 2.93. The van der Waals surface area contributed by atoms with Gasteiger partial charge in [0.15, 0.2) is 11.5 Å². The summed E-state index contributed by atoms with van der Waals surface area (Å²) in [4.78, 5) is 0. The van der Waals surface area contributed by atoms with Crippen molar-refractivity contribution in [2.45, 2.75) is 40.0 Å². The van der Waals surface area contributed by atoms with E-state index in [4.69, 9.17) is 19.9 Å². The van der Waals surface area contributed by atoms with Crippen LogP contribution in [0.2, 0.25) is 0 Å². The quantitative estimate of drug-likeness (QED) is 0.669. The molecule has 1 rings (SSSR count). The number of hydrogen-bond acceptors (Lipinski definition) is 4. The van der Waals surface area contributed by atoms with Crippen molar-refractivity contribution in [1.29, 1.82) is 0 Å². The van der Waals surface area contributed by atoms with E-state index in [1.54, 1.807) is 0 Å². The Kier molecular flexibility index (Phi) is 7.88. The van der Waals surface area contributed by atoms with Crippen LogP contribution in [0.1, 0.15) is 39.2 Å². The molecule has 2 N–H and O–H groups in total. The number of nitrogens with two attached hydrogens (primary N) is 1. The highest BCUT2D eigenvalue weighted by Crippen LogP contribution is 2.41. The van der Waals surface area contributed by atoms with E-state index in [0.29, 0.717) is 19.8 Å². The zero-order valence-electron chi connectivity index (χ0n) is 12.9. The predicted molar refractivity (Wildman–Crippen MR) is 81.9 cm³/mol. The number of hydrogen-bond donors (Lipinski definition) is 1. The smallest absolute Gasteiger partial charge is 0.203 e. The molecule has 4 nitrogen and oxygen atoms in total. The lowest BCUT2D eigenvalue weighted by atomic mass is 10.1. The van der Waals surface area contributed by atoms with Gasteiger partial charge in [-0.3, -0.25) is 0 Å². The van der Waals surface area contributed by atoms with Gasteiger partial charge in [-0.05, 0) is 58.2 Å². The minimum Gasteiger partial charge on any atom is -0.490 e. The van der Waals surface area contributed by atoms with Gasteiger partial charge in [0.05, 0.1) is 19.8 Å². The second-order valence-electron chi connectivity index (χ2n) is 4.43. The molecule has 0 aromatic heterocycles. The molecule has 0 saturated carbocycles. The molecule has 0 fully saturated rings. The Morgan fingerprint density at radius 2 is 1.50 bits per heavy atom. The second-order valence-corrected chi connectivity index (χ2v) is 4.43. The maximum Gasteiger partial charge on any atom is 0.203 e. The first-order valence-corrected chi connectivity index (χ1v) is 7.52. The average Bonchev–Trinajstić information content (AvgIpc) is 2.45. The van der Waals surface area contributed by atoms with Gasteiger partial charge >= 0.3 is 0 Å². The summed E-state index contributed by atoms with van der Waals surface area (Å²) in [5.41, 5.74) is 6.71. The van der Waals surface area contributed by atoms with Crippen LogP contribution in [0.15, 0.2) is 12.1 Å². The molecule has 0 unspecified atom stereocenters. The first kappa shape index (κ1) is 16.6. The summed E-state index contributed by atoms with van der Waals surface area (Å²) in [6.45, 7) is 8.44. The summed E-state index contributed by atoms with van der Waals surface area (Å²) in [5.74, 6) is 2.29. The number of ether oxygens (including phenoxy) is 3. The molecular weight excluding hydrogens is 254 g/mol. The van der Waals surface area contributed by atoms with Gasteiger partial charge in [-0.15, -0.1) is 0 Å². The number of rotatable bonds is 10. The van der Waals surface area contributed by atoms with E-state index in [1.807, 2.05) is 26.8 Å². The largest absolute Gasteiger partial charge is 0.490 e. The first-order chi connectivity index (χ1) is 9.78. The van der Waals surface area contributed by atoms with Crippen molar-refractivity contribution in [2.24, 2.45) is 5.73 Å². The highest BCUT2D eigenvalue weighted by atomic mass is 16.5. The summed E-state index contributed by atoms with van der Waals surface area (Å²) in [6, 6.07) is 4.03. The molecule has 0 amide bonds. The number of unbranched alkanes of at least 4 members (excludes halogenated alkanes) is 1. The molecule has 0 bridgehead atoms. The van der Waals surface area contributed by atoms with E-state index in [2.05, 4.69) is 6.07 Å². The van der Waals surface area contributed by atoms with Gasteiger partial charge in [-0.2, -0.15) is 0 Å². The Balaban J connectivity index is 3.06. The van der Waals surface area contributed by atoms with E-state index in [-0.39, 0.29) is 0 Å². The SMILES string of the molecule is CCOc1ccc(CCCCN)c(OCC)c1OCC. The van der Waals surface area contributed by atoms with Crippen LogP contribution in [0.3, 0.4) is 0 Å². The molecule has 0 saturated heterocycles. The Morgan fingerprint density at radius 1 is 0.850 bits per heavy atom. The molecule has 114 valence electrons. The first-order valence-electron chi connectivity index (χ1n) is 7.52. The fourth-order valence-electron chi connectivity index (χ4n) is 2.09. The van der Waals surface area contributed by atoms with Gasteiger partial charge in [-0.1, -0.05) is 6.07 Å². The number of aryl methyl sites for hydroxylation is 1. The van der Waals surface area contributed by atoms with Crippen LogP contribution in [0.4, 0.5) is 0 Å². The fourth-order valence-corrected chi connectivity index (χ4v) is 2.09. The van der Waals surface area contributed by atoms with E-state index in [0.717, 1.165) is 48.6 Å². The Bertz CT molecular complexity index is 394. The van der Waals surface area contributed by atoms with Crippen LogP contribution in [-0.2, 0) is 6.42 Å². The van der Waals surface area contributed by atoms with Crippen molar-refractivity contribution in [3.63, 3.8) is 0 Å². The van der Waals surface area contributed by atoms with Crippen LogP contribution >= 0.6 is 0 Å². The zero-order chi connectivity index (χ0) is 14.8. The number of benzene rings is 1. The van der Waals surface area contributed by atoms with Crippen LogP contribution in [0.25, 0.3) is 0 Å². The second kappa shape index (κ2) is 9.48. The highest BCUT2D eigenvalue weighted by Gasteiger charge is 2.16. The van der Waals surface area contributed by atoms with E-state index in [1.165, 1.54) is 0 Å². The minimum atomic E-state index is 0.590. The lowest BCUT2D eigenvalue weighted by Crippen LogP contribution is -2.05.